The van der Waals surface area contributed by atoms with E-state index in [1.165, 1.54) is 37.9 Å². The summed E-state index contributed by atoms with van der Waals surface area (Å²) in [7, 11) is 2.00. The van der Waals surface area contributed by atoms with Gasteiger partial charge in [-0.3, -0.25) is 9.58 Å². The van der Waals surface area contributed by atoms with Crippen molar-refractivity contribution >= 4 is 0 Å². The minimum Gasteiger partial charge on any atom is -0.393 e. The first kappa shape index (κ1) is 14.5. The molecular formula is C15H27N3O. The summed E-state index contributed by atoms with van der Waals surface area (Å²) in [6.45, 7) is 4.16. The third kappa shape index (κ3) is 4.32. The van der Waals surface area contributed by atoms with Gasteiger partial charge in [-0.15, -0.1) is 0 Å². The summed E-state index contributed by atoms with van der Waals surface area (Å²) < 4.78 is 1.96. The van der Waals surface area contributed by atoms with Crippen LogP contribution in [0.4, 0.5) is 0 Å². The Morgan fingerprint density at radius 1 is 1.42 bits per heavy atom. The number of nitrogens with zero attached hydrogens (tertiary/aromatic N) is 3. The molecule has 19 heavy (non-hydrogen) atoms. The molecule has 1 aromatic heterocycles. The Hall–Kier alpha value is -0.870. The highest BCUT2D eigenvalue weighted by Gasteiger charge is 2.22. The van der Waals surface area contributed by atoms with Gasteiger partial charge in [0.25, 0.3) is 0 Å². The molecule has 1 saturated heterocycles. The molecule has 108 valence electrons. The summed E-state index contributed by atoms with van der Waals surface area (Å²) in [6, 6.07) is 2.65. The van der Waals surface area contributed by atoms with E-state index in [9.17, 15) is 5.11 Å². The molecule has 0 amide bonds. The number of hydrogen-bond acceptors (Lipinski definition) is 3. The Labute approximate surface area is 116 Å². The Bertz CT molecular complexity index is 375. The first-order chi connectivity index (χ1) is 9.16. The summed E-state index contributed by atoms with van der Waals surface area (Å²) in [5.74, 6) is 0. The molecule has 1 aliphatic rings. The zero-order valence-corrected chi connectivity index (χ0v) is 12.3. The predicted molar refractivity (Wildman–Crippen MR) is 77.0 cm³/mol. The van der Waals surface area contributed by atoms with Crippen molar-refractivity contribution in [2.24, 2.45) is 7.05 Å². The summed E-state index contributed by atoms with van der Waals surface area (Å²) in [6.07, 6.45) is 8.79. The number of aromatic nitrogens is 2. The van der Waals surface area contributed by atoms with Crippen molar-refractivity contribution < 1.29 is 5.11 Å². The van der Waals surface area contributed by atoms with E-state index < -0.39 is 0 Å². The average molecular weight is 265 g/mol. The third-order valence-corrected chi connectivity index (χ3v) is 4.19. The van der Waals surface area contributed by atoms with Crippen LogP contribution in [-0.4, -0.2) is 45.0 Å². The van der Waals surface area contributed by atoms with Crippen molar-refractivity contribution in [3.05, 3.63) is 18.0 Å². The summed E-state index contributed by atoms with van der Waals surface area (Å²) in [5.41, 5.74) is 1.29. The standard InChI is InChI=1S/C15H27N3O/c1-13(19)12-15-6-4-3-5-10-18(15)11-8-14-7-9-16-17(14)2/h7,9,13,15,19H,3-6,8,10-12H2,1-2H3. The lowest BCUT2D eigenvalue weighted by molar-refractivity contribution is 0.113. The van der Waals surface area contributed by atoms with Gasteiger partial charge in [0.2, 0.25) is 0 Å². The number of likely N-dealkylation sites (tertiary alicyclic amines) is 1. The van der Waals surface area contributed by atoms with Crippen LogP contribution in [0, 0.1) is 0 Å². The Morgan fingerprint density at radius 2 is 2.26 bits per heavy atom. The molecule has 2 rings (SSSR count). The molecule has 4 nitrogen and oxygen atoms in total. The highest BCUT2D eigenvalue weighted by molar-refractivity contribution is 5.00. The number of aliphatic hydroxyl groups excluding tert-OH is 1. The molecule has 1 aromatic rings. The molecular weight excluding hydrogens is 238 g/mol. The fourth-order valence-electron chi connectivity index (χ4n) is 3.10. The Morgan fingerprint density at radius 3 is 2.95 bits per heavy atom. The van der Waals surface area contributed by atoms with Crippen molar-refractivity contribution in [3.63, 3.8) is 0 Å². The zero-order chi connectivity index (χ0) is 13.7. The van der Waals surface area contributed by atoms with E-state index in [2.05, 4.69) is 16.1 Å². The molecule has 0 bridgehead atoms. The van der Waals surface area contributed by atoms with Crippen LogP contribution in [0.5, 0.6) is 0 Å². The molecule has 0 aromatic carbocycles. The maximum atomic E-state index is 9.67. The van der Waals surface area contributed by atoms with Crippen molar-refractivity contribution in [3.8, 4) is 0 Å². The number of aliphatic hydroxyl groups is 1. The van der Waals surface area contributed by atoms with Crippen LogP contribution in [0.15, 0.2) is 12.3 Å². The van der Waals surface area contributed by atoms with Crippen LogP contribution in [0.3, 0.4) is 0 Å². The molecule has 2 atom stereocenters. The summed E-state index contributed by atoms with van der Waals surface area (Å²) in [4.78, 5) is 2.58. The van der Waals surface area contributed by atoms with E-state index in [4.69, 9.17) is 0 Å². The number of hydrogen-bond donors (Lipinski definition) is 1. The highest BCUT2D eigenvalue weighted by atomic mass is 16.3. The first-order valence-corrected chi connectivity index (χ1v) is 7.56. The van der Waals surface area contributed by atoms with Crippen LogP contribution >= 0.6 is 0 Å². The van der Waals surface area contributed by atoms with Crippen molar-refractivity contribution in [2.45, 2.75) is 57.6 Å². The van der Waals surface area contributed by atoms with Gasteiger partial charge in [0.05, 0.1) is 6.10 Å². The van der Waals surface area contributed by atoms with Gasteiger partial charge in [-0.25, -0.2) is 0 Å². The van der Waals surface area contributed by atoms with Crippen molar-refractivity contribution in [1.29, 1.82) is 0 Å². The minimum absolute atomic E-state index is 0.192. The molecule has 2 unspecified atom stereocenters. The second kappa shape index (κ2) is 7.06. The molecule has 4 heteroatoms. The van der Waals surface area contributed by atoms with Crippen molar-refractivity contribution in [1.82, 2.24) is 14.7 Å². The Kier molecular flexibility index (Phi) is 5.40. The minimum atomic E-state index is -0.192. The lowest BCUT2D eigenvalue weighted by Crippen LogP contribution is -2.38. The van der Waals surface area contributed by atoms with Gasteiger partial charge in [0.1, 0.15) is 0 Å². The van der Waals surface area contributed by atoms with E-state index >= 15 is 0 Å². The molecule has 1 fully saturated rings. The van der Waals surface area contributed by atoms with Crippen LogP contribution in [0.1, 0.15) is 44.7 Å². The maximum absolute atomic E-state index is 9.67. The summed E-state index contributed by atoms with van der Waals surface area (Å²) >= 11 is 0. The summed E-state index contributed by atoms with van der Waals surface area (Å²) in [5, 5.41) is 13.9. The monoisotopic (exact) mass is 265 g/mol. The van der Waals surface area contributed by atoms with Gasteiger partial charge in [-0.2, -0.15) is 5.10 Å². The molecule has 0 aliphatic carbocycles. The van der Waals surface area contributed by atoms with Gasteiger partial charge in [0.15, 0.2) is 0 Å². The quantitative estimate of drug-likeness (QED) is 0.885. The van der Waals surface area contributed by atoms with E-state index in [-0.39, 0.29) is 6.10 Å². The second-order valence-electron chi connectivity index (χ2n) is 5.82. The van der Waals surface area contributed by atoms with E-state index in [1.54, 1.807) is 0 Å². The normalized spacial score (nSPS) is 23.2. The van der Waals surface area contributed by atoms with Gasteiger partial charge < -0.3 is 5.11 Å². The van der Waals surface area contributed by atoms with Gasteiger partial charge in [-0.05, 0) is 38.8 Å². The maximum Gasteiger partial charge on any atom is 0.0527 e. The van der Waals surface area contributed by atoms with E-state index in [0.717, 1.165) is 19.4 Å². The van der Waals surface area contributed by atoms with Crippen molar-refractivity contribution in [2.75, 3.05) is 13.1 Å². The third-order valence-electron chi connectivity index (χ3n) is 4.19. The topological polar surface area (TPSA) is 41.3 Å². The highest BCUT2D eigenvalue weighted by Crippen LogP contribution is 2.20. The second-order valence-corrected chi connectivity index (χ2v) is 5.82. The fourth-order valence-corrected chi connectivity index (χ4v) is 3.10. The fraction of sp³-hybridized carbons (Fsp3) is 0.800. The lowest BCUT2D eigenvalue weighted by Gasteiger charge is -2.30. The van der Waals surface area contributed by atoms with Gasteiger partial charge in [-0.1, -0.05) is 12.8 Å². The largest absolute Gasteiger partial charge is 0.393 e. The average Bonchev–Trinajstić information content (AvgIpc) is 2.64. The first-order valence-electron chi connectivity index (χ1n) is 7.56. The molecule has 0 radical (unpaired) electrons. The lowest BCUT2D eigenvalue weighted by atomic mass is 10.0. The smallest absolute Gasteiger partial charge is 0.0527 e. The van der Waals surface area contributed by atoms with Crippen LogP contribution in [0.2, 0.25) is 0 Å². The van der Waals surface area contributed by atoms with Crippen LogP contribution in [-0.2, 0) is 13.5 Å². The number of rotatable bonds is 5. The molecule has 1 N–H and O–H groups in total. The molecule has 0 spiro atoms. The van der Waals surface area contributed by atoms with Gasteiger partial charge >= 0.3 is 0 Å². The van der Waals surface area contributed by atoms with Crippen LogP contribution < -0.4 is 0 Å². The SMILES string of the molecule is CC(O)CC1CCCCCN1CCc1ccnn1C. The molecule has 0 saturated carbocycles. The molecule has 2 heterocycles. The zero-order valence-electron chi connectivity index (χ0n) is 12.3. The van der Waals surface area contributed by atoms with Crippen LogP contribution in [0.25, 0.3) is 0 Å². The number of aryl methyl sites for hydroxylation is 1. The Balaban J connectivity index is 1.92. The van der Waals surface area contributed by atoms with E-state index in [0.29, 0.717) is 6.04 Å². The van der Waals surface area contributed by atoms with E-state index in [1.807, 2.05) is 24.9 Å². The molecule has 1 aliphatic heterocycles. The van der Waals surface area contributed by atoms with Gasteiger partial charge in [0, 0.05) is 37.9 Å². The predicted octanol–water partition coefficient (Wildman–Crippen LogP) is 1.98.